The van der Waals surface area contributed by atoms with E-state index in [0.717, 1.165) is 31.1 Å². The summed E-state index contributed by atoms with van der Waals surface area (Å²) in [7, 11) is 2.09. The minimum Gasteiger partial charge on any atom is -0.367 e. The van der Waals surface area contributed by atoms with E-state index in [9.17, 15) is 4.79 Å². The molecule has 7 nitrogen and oxygen atoms in total. The standard InChI is InChI=1S/C17H22N6O/c1-22-7-8-23-14(11-22)10-16(21-23)20-17(24)12-5-6-18-15(9-12)19-13-3-2-4-13/h5-6,9-10,13H,2-4,7-8,11H2,1H3,(H,18,19)(H,20,21,24). The fraction of sp³-hybridized carbons (Fsp3) is 0.471. The molecule has 126 valence electrons. The topological polar surface area (TPSA) is 75.1 Å². The summed E-state index contributed by atoms with van der Waals surface area (Å²) in [5.74, 6) is 1.21. The zero-order valence-corrected chi connectivity index (χ0v) is 13.8. The second-order valence-electron chi connectivity index (χ2n) is 6.64. The molecule has 1 aliphatic heterocycles. The Morgan fingerprint density at radius 1 is 1.25 bits per heavy atom. The van der Waals surface area contributed by atoms with Gasteiger partial charge in [-0.25, -0.2) is 4.98 Å². The van der Waals surface area contributed by atoms with Gasteiger partial charge in [0, 0.05) is 37.0 Å². The second-order valence-corrected chi connectivity index (χ2v) is 6.64. The second kappa shape index (κ2) is 6.24. The van der Waals surface area contributed by atoms with Crippen molar-refractivity contribution in [1.29, 1.82) is 0 Å². The summed E-state index contributed by atoms with van der Waals surface area (Å²) in [5, 5.41) is 10.7. The summed E-state index contributed by atoms with van der Waals surface area (Å²) in [6.07, 6.45) is 5.28. The predicted molar refractivity (Wildman–Crippen MR) is 92.0 cm³/mol. The third kappa shape index (κ3) is 3.12. The van der Waals surface area contributed by atoms with E-state index in [-0.39, 0.29) is 5.91 Å². The summed E-state index contributed by atoms with van der Waals surface area (Å²) >= 11 is 0. The van der Waals surface area contributed by atoms with E-state index in [0.29, 0.717) is 17.4 Å². The highest BCUT2D eigenvalue weighted by Crippen LogP contribution is 2.23. The molecule has 2 aromatic heterocycles. The van der Waals surface area contributed by atoms with Gasteiger partial charge in [0.2, 0.25) is 0 Å². The SMILES string of the molecule is CN1CCn2nc(NC(=O)c3ccnc(NC4CCC4)c3)cc2C1. The maximum atomic E-state index is 12.5. The third-order valence-electron chi connectivity index (χ3n) is 4.71. The number of amides is 1. The zero-order chi connectivity index (χ0) is 16.5. The first-order valence-corrected chi connectivity index (χ1v) is 8.46. The molecule has 3 heterocycles. The number of anilines is 2. The van der Waals surface area contributed by atoms with Crippen LogP contribution in [0.4, 0.5) is 11.6 Å². The first-order valence-electron chi connectivity index (χ1n) is 8.46. The van der Waals surface area contributed by atoms with E-state index >= 15 is 0 Å². The molecule has 0 spiro atoms. The van der Waals surface area contributed by atoms with Gasteiger partial charge in [-0.3, -0.25) is 14.4 Å². The van der Waals surface area contributed by atoms with Crippen LogP contribution in [0.3, 0.4) is 0 Å². The Bertz CT molecular complexity index is 751. The van der Waals surface area contributed by atoms with Gasteiger partial charge in [0.1, 0.15) is 5.82 Å². The Morgan fingerprint density at radius 2 is 2.12 bits per heavy atom. The van der Waals surface area contributed by atoms with Crippen molar-refractivity contribution in [3.8, 4) is 0 Å². The van der Waals surface area contributed by atoms with Crippen molar-refractivity contribution < 1.29 is 4.79 Å². The van der Waals surface area contributed by atoms with Crippen molar-refractivity contribution >= 4 is 17.5 Å². The summed E-state index contributed by atoms with van der Waals surface area (Å²) in [6, 6.07) is 5.97. The van der Waals surface area contributed by atoms with Crippen LogP contribution in [0.5, 0.6) is 0 Å². The Hall–Kier alpha value is -2.41. The fourth-order valence-electron chi connectivity index (χ4n) is 3.06. The number of rotatable bonds is 4. The van der Waals surface area contributed by atoms with Gasteiger partial charge in [0.05, 0.1) is 12.2 Å². The van der Waals surface area contributed by atoms with Crippen LogP contribution in [0.2, 0.25) is 0 Å². The van der Waals surface area contributed by atoms with E-state index in [2.05, 4.69) is 32.7 Å². The molecule has 2 aliphatic rings. The van der Waals surface area contributed by atoms with Crippen LogP contribution in [0.25, 0.3) is 0 Å². The number of likely N-dealkylation sites (N-methyl/N-ethyl adjacent to an activating group) is 1. The van der Waals surface area contributed by atoms with Gasteiger partial charge in [-0.05, 0) is 38.4 Å². The first-order chi connectivity index (χ1) is 11.7. The van der Waals surface area contributed by atoms with Crippen LogP contribution >= 0.6 is 0 Å². The van der Waals surface area contributed by atoms with Crippen molar-refractivity contribution in [3.63, 3.8) is 0 Å². The van der Waals surface area contributed by atoms with Crippen molar-refractivity contribution in [2.45, 2.75) is 38.4 Å². The van der Waals surface area contributed by atoms with Gasteiger partial charge in [-0.2, -0.15) is 5.10 Å². The van der Waals surface area contributed by atoms with Crippen molar-refractivity contribution in [2.24, 2.45) is 0 Å². The Morgan fingerprint density at radius 3 is 2.92 bits per heavy atom. The van der Waals surface area contributed by atoms with Crippen molar-refractivity contribution in [3.05, 3.63) is 35.7 Å². The molecule has 0 radical (unpaired) electrons. The van der Waals surface area contributed by atoms with Crippen molar-refractivity contribution in [2.75, 3.05) is 24.2 Å². The van der Waals surface area contributed by atoms with Gasteiger partial charge < -0.3 is 10.6 Å². The van der Waals surface area contributed by atoms with Gasteiger partial charge in [0.25, 0.3) is 5.91 Å². The molecule has 0 aromatic carbocycles. The first kappa shape index (κ1) is 15.1. The summed E-state index contributed by atoms with van der Waals surface area (Å²) in [5.41, 5.74) is 1.72. The molecular weight excluding hydrogens is 304 g/mol. The Labute approximate surface area is 141 Å². The quantitative estimate of drug-likeness (QED) is 0.898. The number of nitrogens with one attached hydrogen (secondary N) is 2. The molecule has 0 saturated heterocycles. The molecule has 7 heteroatoms. The zero-order valence-electron chi connectivity index (χ0n) is 13.8. The van der Waals surface area contributed by atoms with Crippen LogP contribution in [-0.2, 0) is 13.1 Å². The molecule has 4 rings (SSSR count). The van der Waals surface area contributed by atoms with Gasteiger partial charge >= 0.3 is 0 Å². The van der Waals surface area contributed by atoms with Gasteiger partial charge in [-0.15, -0.1) is 0 Å². The lowest BCUT2D eigenvalue weighted by atomic mass is 9.93. The smallest absolute Gasteiger partial charge is 0.257 e. The van der Waals surface area contributed by atoms with Crippen LogP contribution in [-0.4, -0.2) is 45.2 Å². The molecule has 1 aliphatic carbocycles. The number of aromatic nitrogens is 3. The highest BCUT2D eigenvalue weighted by atomic mass is 16.1. The molecule has 0 unspecified atom stereocenters. The van der Waals surface area contributed by atoms with Crippen LogP contribution in [0.15, 0.2) is 24.4 Å². The highest BCUT2D eigenvalue weighted by molar-refractivity contribution is 6.04. The van der Waals surface area contributed by atoms with E-state index in [4.69, 9.17) is 0 Å². The Kier molecular flexibility index (Phi) is 3.93. The number of nitrogens with zero attached hydrogens (tertiary/aromatic N) is 4. The monoisotopic (exact) mass is 326 g/mol. The maximum Gasteiger partial charge on any atom is 0.257 e. The average Bonchev–Trinajstić information content (AvgIpc) is 2.92. The minimum atomic E-state index is -0.155. The maximum absolute atomic E-state index is 12.5. The molecule has 2 aromatic rings. The van der Waals surface area contributed by atoms with Crippen LogP contribution in [0.1, 0.15) is 35.3 Å². The van der Waals surface area contributed by atoms with E-state index in [1.807, 2.05) is 10.7 Å². The molecule has 24 heavy (non-hydrogen) atoms. The van der Waals surface area contributed by atoms with Gasteiger partial charge in [0.15, 0.2) is 5.82 Å². The number of pyridine rings is 1. The lowest BCUT2D eigenvalue weighted by Gasteiger charge is -2.26. The number of hydrogen-bond acceptors (Lipinski definition) is 5. The molecule has 1 fully saturated rings. The molecule has 1 saturated carbocycles. The van der Waals surface area contributed by atoms with Crippen LogP contribution < -0.4 is 10.6 Å². The fourth-order valence-corrected chi connectivity index (χ4v) is 3.06. The van der Waals surface area contributed by atoms with E-state index in [1.165, 1.54) is 19.3 Å². The lowest BCUT2D eigenvalue weighted by Crippen LogP contribution is -2.30. The number of carbonyl (C=O) groups excluding carboxylic acids is 1. The number of fused-ring (bicyclic) bond motifs is 1. The van der Waals surface area contributed by atoms with E-state index in [1.54, 1.807) is 18.3 Å². The minimum absolute atomic E-state index is 0.155. The normalized spacial score (nSPS) is 17.9. The lowest BCUT2D eigenvalue weighted by molar-refractivity contribution is 0.102. The average molecular weight is 326 g/mol. The van der Waals surface area contributed by atoms with Crippen LogP contribution in [0, 0.1) is 0 Å². The summed E-state index contributed by atoms with van der Waals surface area (Å²) < 4.78 is 1.96. The van der Waals surface area contributed by atoms with Gasteiger partial charge in [-0.1, -0.05) is 0 Å². The van der Waals surface area contributed by atoms with E-state index < -0.39 is 0 Å². The molecule has 0 bridgehead atoms. The summed E-state index contributed by atoms with van der Waals surface area (Å²) in [4.78, 5) is 19.0. The Balaban J connectivity index is 1.45. The molecule has 2 N–H and O–H groups in total. The largest absolute Gasteiger partial charge is 0.367 e. The number of hydrogen-bond donors (Lipinski definition) is 2. The molecular formula is C17H22N6O. The number of carbonyl (C=O) groups is 1. The predicted octanol–water partition coefficient (Wildman–Crippen LogP) is 1.94. The highest BCUT2D eigenvalue weighted by Gasteiger charge is 2.19. The molecule has 1 amide bonds. The third-order valence-corrected chi connectivity index (χ3v) is 4.71. The summed E-state index contributed by atoms with van der Waals surface area (Å²) in [6.45, 7) is 2.68. The van der Waals surface area contributed by atoms with Crippen molar-refractivity contribution in [1.82, 2.24) is 19.7 Å². The molecule has 0 atom stereocenters.